The molecular formula is C19H19N3O4. The first-order valence-corrected chi connectivity index (χ1v) is 8.42. The Hall–Kier alpha value is -3.09. The van der Waals surface area contributed by atoms with Crippen LogP contribution in [0, 0.1) is 6.92 Å². The number of H-pyrrole nitrogens is 2. The van der Waals surface area contributed by atoms with Crippen LogP contribution in [0.1, 0.15) is 29.9 Å². The predicted molar refractivity (Wildman–Crippen MR) is 98.2 cm³/mol. The molecule has 3 aromatic rings. The molecule has 1 aliphatic rings. The highest BCUT2D eigenvalue weighted by molar-refractivity contribution is 5.83. The van der Waals surface area contributed by atoms with Gasteiger partial charge in [0, 0.05) is 5.56 Å². The first-order valence-electron chi connectivity index (χ1n) is 8.42. The average molecular weight is 353 g/mol. The molecule has 0 saturated heterocycles. The number of methoxy groups -OCH3 is 2. The number of rotatable bonds is 4. The summed E-state index contributed by atoms with van der Waals surface area (Å²) in [6.07, 6.45) is 2.06. The van der Waals surface area contributed by atoms with Crippen LogP contribution in [0.2, 0.25) is 0 Å². The Bertz CT molecular complexity index is 1130. The van der Waals surface area contributed by atoms with Gasteiger partial charge < -0.3 is 14.5 Å². The van der Waals surface area contributed by atoms with Crippen LogP contribution in [0.5, 0.6) is 11.5 Å². The number of ether oxygens (including phenoxy) is 2. The Balaban J connectivity index is 2.06. The van der Waals surface area contributed by atoms with E-state index in [0.717, 1.165) is 29.5 Å². The van der Waals surface area contributed by atoms with E-state index in [1.165, 1.54) is 0 Å². The lowest BCUT2D eigenvalue weighted by molar-refractivity contribution is 0.356. The van der Waals surface area contributed by atoms with Gasteiger partial charge in [-0.3, -0.25) is 9.78 Å². The third kappa shape index (κ3) is 2.65. The predicted octanol–water partition coefficient (Wildman–Crippen LogP) is 2.48. The topological polar surface area (TPSA) is 97.1 Å². The van der Waals surface area contributed by atoms with Gasteiger partial charge in [-0.1, -0.05) is 0 Å². The molecule has 2 aromatic heterocycles. The van der Waals surface area contributed by atoms with Crippen LogP contribution in [-0.2, 0) is 0 Å². The monoisotopic (exact) mass is 353 g/mol. The summed E-state index contributed by atoms with van der Waals surface area (Å²) in [6, 6.07) is 5.77. The lowest BCUT2D eigenvalue weighted by Gasteiger charge is -2.15. The maximum absolute atomic E-state index is 12.3. The smallest absolute Gasteiger partial charge is 0.326 e. The lowest BCUT2D eigenvalue weighted by atomic mass is 10.0. The molecule has 0 radical (unpaired) electrons. The quantitative estimate of drug-likeness (QED) is 0.751. The van der Waals surface area contributed by atoms with Gasteiger partial charge in [0.15, 0.2) is 17.0 Å². The highest BCUT2D eigenvalue weighted by atomic mass is 16.5. The van der Waals surface area contributed by atoms with Crippen LogP contribution in [-0.4, -0.2) is 29.2 Å². The van der Waals surface area contributed by atoms with Crippen molar-refractivity contribution in [3.63, 3.8) is 0 Å². The molecule has 1 aromatic carbocycles. The lowest BCUT2D eigenvalue weighted by Crippen LogP contribution is -2.23. The van der Waals surface area contributed by atoms with Gasteiger partial charge in [-0.25, -0.2) is 9.78 Å². The average Bonchev–Trinajstić information content (AvgIpc) is 3.45. The third-order valence-electron chi connectivity index (χ3n) is 4.65. The molecule has 4 rings (SSSR count). The summed E-state index contributed by atoms with van der Waals surface area (Å²) >= 11 is 0. The van der Waals surface area contributed by atoms with Crippen molar-refractivity contribution in [3.05, 3.63) is 50.2 Å². The van der Waals surface area contributed by atoms with E-state index >= 15 is 0 Å². The second-order valence-corrected chi connectivity index (χ2v) is 6.55. The van der Waals surface area contributed by atoms with E-state index in [4.69, 9.17) is 9.47 Å². The number of pyridine rings is 1. The highest BCUT2D eigenvalue weighted by Gasteiger charge is 2.28. The Morgan fingerprint density at radius 2 is 1.85 bits per heavy atom. The molecule has 1 aliphatic carbocycles. The Morgan fingerprint density at radius 1 is 1.08 bits per heavy atom. The summed E-state index contributed by atoms with van der Waals surface area (Å²) in [5.41, 5.74) is 3.03. The van der Waals surface area contributed by atoms with Gasteiger partial charge in [-0.15, -0.1) is 0 Å². The molecule has 134 valence electrons. The standard InChI is InChI=1S/C19H19N3O4/c1-9-6-12(17(26-3)14(7-9)25-2)13-8-11(10-4-5-10)15-16(20-13)18(23)22-19(24)21-15/h6-8,10H,4-5H2,1-3H3,(H2,21,22,23,24). The third-order valence-corrected chi connectivity index (χ3v) is 4.65. The van der Waals surface area contributed by atoms with E-state index in [1.807, 2.05) is 25.1 Å². The van der Waals surface area contributed by atoms with Gasteiger partial charge in [0.1, 0.15) is 0 Å². The first-order chi connectivity index (χ1) is 12.5. The largest absolute Gasteiger partial charge is 0.493 e. The SMILES string of the molecule is COc1cc(C)cc(-c2cc(C3CC3)c3[nH]c(=O)[nH]c(=O)c3n2)c1OC. The minimum absolute atomic E-state index is 0.228. The molecule has 2 heterocycles. The van der Waals surface area contributed by atoms with Gasteiger partial charge in [-0.05, 0) is 55.0 Å². The molecular weight excluding hydrogens is 334 g/mol. The van der Waals surface area contributed by atoms with Crippen LogP contribution in [0.3, 0.4) is 0 Å². The molecule has 2 N–H and O–H groups in total. The van der Waals surface area contributed by atoms with E-state index in [1.54, 1.807) is 14.2 Å². The summed E-state index contributed by atoms with van der Waals surface area (Å²) in [6.45, 7) is 1.96. The minimum atomic E-state index is -0.520. The van der Waals surface area contributed by atoms with E-state index < -0.39 is 11.2 Å². The van der Waals surface area contributed by atoms with Crippen LogP contribution in [0.15, 0.2) is 27.8 Å². The van der Waals surface area contributed by atoms with Crippen molar-refractivity contribution < 1.29 is 9.47 Å². The van der Waals surface area contributed by atoms with Crippen molar-refractivity contribution in [2.45, 2.75) is 25.7 Å². The Morgan fingerprint density at radius 3 is 2.50 bits per heavy atom. The number of benzene rings is 1. The molecule has 0 spiro atoms. The van der Waals surface area contributed by atoms with E-state index in [0.29, 0.717) is 28.6 Å². The zero-order valence-corrected chi connectivity index (χ0v) is 14.8. The number of fused-ring (bicyclic) bond motifs is 1. The highest BCUT2D eigenvalue weighted by Crippen LogP contribution is 2.45. The van der Waals surface area contributed by atoms with Crippen LogP contribution in [0.4, 0.5) is 0 Å². The zero-order chi connectivity index (χ0) is 18.4. The molecule has 0 atom stereocenters. The molecule has 0 aliphatic heterocycles. The molecule has 0 amide bonds. The molecule has 1 fully saturated rings. The van der Waals surface area contributed by atoms with E-state index in [2.05, 4.69) is 15.0 Å². The molecule has 26 heavy (non-hydrogen) atoms. The number of nitrogens with one attached hydrogen (secondary N) is 2. The van der Waals surface area contributed by atoms with E-state index in [9.17, 15) is 9.59 Å². The van der Waals surface area contributed by atoms with Crippen LogP contribution >= 0.6 is 0 Å². The molecule has 7 nitrogen and oxygen atoms in total. The van der Waals surface area contributed by atoms with Crippen molar-refractivity contribution in [1.29, 1.82) is 0 Å². The number of nitrogens with zero attached hydrogens (tertiary/aromatic N) is 1. The van der Waals surface area contributed by atoms with E-state index in [-0.39, 0.29) is 5.52 Å². The molecule has 1 saturated carbocycles. The first kappa shape index (κ1) is 16.4. The number of hydrogen-bond acceptors (Lipinski definition) is 5. The second kappa shape index (κ2) is 6.01. The van der Waals surface area contributed by atoms with Crippen molar-refractivity contribution in [2.24, 2.45) is 0 Å². The van der Waals surface area contributed by atoms with Crippen molar-refractivity contribution >= 4 is 11.0 Å². The summed E-state index contributed by atoms with van der Waals surface area (Å²) in [7, 11) is 3.16. The van der Waals surface area contributed by atoms with Gasteiger partial charge >= 0.3 is 5.69 Å². The van der Waals surface area contributed by atoms with Gasteiger partial charge in [0.25, 0.3) is 5.56 Å². The number of aromatic amines is 2. The van der Waals surface area contributed by atoms with Gasteiger partial charge in [0.2, 0.25) is 0 Å². The summed E-state index contributed by atoms with van der Waals surface area (Å²) < 4.78 is 11.0. The van der Waals surface area contributed by atoms with Crippen molar-refractivity contribution in [1.82, 2.24) is 15.0 Å². The van der Waals surface area contributed by atoms with Gasteiger partial charge in [0.05, 0.1) is 25.4 Å². The van der Waals surface area contributed by atoms with Crippen LogP contribution in [0.25, 0.3) is 22.3 Å². The fourth-order valence-electron chi connectivity index (χ4n) is 3.31. The second-order valence-electron chi connectivity index (χ2n) is 6.55. The maximum Gasteiger partial charge on any atom is 0.326 e. The van der Waals surface area contributed by atoms with Crippen LogP contribution < -0.4 is 20.7 Å². The number of aryl methyl sites for hydroxylation is 1. The fraction of sp³-hybridized carbons (Fsp3) is 0.316. The molecule has 0 bridgehead atoms. The Kier molecular flexibility index (Phi) is 3.79. The summed E-state index contributed by atoms with van der Waals surface area (Å²) in [5.74, 6) is 1.50. The normalized spacial score (nSPS) is 13.8. The molecule has 7 heteroatoms. The fourth-order valence-corrected chi connectivity index (χ4v) is 3.31. The maximum atomic E-state index is 12.3. The van der Waals surface area contributed by atoms with Crippen molar-refractivity contribution in [2.75, 3.05) is 14.2 Å². The van der Waals surface area contributed by atoms with Crippen molar-refractivity contribution in [3.8, 4) is 22.8 Å². The Labute approximate surface area is 149 Å². The zero-order valence-electron chi connectivity index (χ0n) is 14.8. The molecule has 0 unspecified atom stereocenters. The number of hydrogen-bond donors (Lipinski definition) is 2. The summed E-state index contributed by atoms with van der Waals surface area (Å²) in [5, 5.41) is 0. The minimum Gasteiger partial charge on any atom is -0.493 e. The number of aromatic nitrogens is 3. The summed E-state index contributed by atoms with van der Waals surface area (Å²) in [4.78, 5) is 33.6. The van der Waals surface area contributed by atoms with Gasteiger partial charge in [-0.2, -0.15) is 0 Å².